The Morgan fingerprint density at radius 2 is 2.08 bits per heavy atom. The quantitative estimate of drug-likeness (QED) is 0.495. The van der Waals surface area contributed by atoms with Crippen LogP contribution in [-0.4, -0.2) is 30.6 Å². The Balaban J connectivity index is 1.91. The van der Waals surface area contributed by atoms with Gasteiger partial charge in [0.15, 0.2) is 11.5 Å². The van der Waals surface area contributed by atoms with E-state index >= 15 is 0 Å². The Morgan fingerprint density at radius 3 is 2.79 bits per heavy atom. The highest BCUT2D eigenvalue weighted by atomic mass is 35.5. The largest absolute Gasteiger partial charge is 0.488 e. The molecule has 0 fully saturated rings. The Kier molecular flexibility index (Phi) is 5.01. The molecule has 2 aromatic carbocycles. The van der Waals surface area contributed by atoms with Gasteiger partial charge in [0, 0.05) is 0 Å². The van der Waals surface area contributed by atoms with Crippen molar-refractivity contribution in [3.8, 4) is 11.5 Å². The predicted molar refractivity (Wildman–Crippen MR) is 91.2 cm³/mol. The predicted octanol–water partition coefficient (Wildman–Crippen LogP) is 3.06. The number of fused-ring (bicyclic) bond motifs is 1. The van der Waals surface area contributed by atoms with Crippen molar-refractivity contribution < 1.29 is 19.1 Å². The number of ketones is 1. The molecular weight excluding hydrogens is 330 g/mol. The number of rotatable bonds is 6. The lowest BCUT2D eigenvalue weighted by atomic mass is 10.1. The van der Waals surface area contributed by atoms with Crippen molar-refractivity contribution in [3.05, 3.63) is 53.6 Å². The Bertz CT molecular complexity index is 748. The van der Waals surface area contributed by atoms with E-state index in [9.17, 15) is 9.59 Å². The maximum absolute atomic E-state index is 12.0. The molecule has 0 radical (unpaired) electrons. The van der Waals surface area contributed by atoms with Crippen LogP contribution in [0.25, 0.3) is 0 Å². The van der Waals surface area contributed by atoms with Gasteiger partial charge in [-0.15, -0.1) is 11.6 Å². The Morgan fingerprint density at radius 1 is 1.29 bits per heavy atom. The zero-order valence-electron chi connectivity index (χ0n) is 12.8. The van der Waals surface area contributed by atoms with Crippen LogP contribution in [0.3, 0.4) is 0 Å². The third-order valence-corrected chi connectivity index (χ3v) is 3.92. The number of alkyl halides is 1. The summed E-state index contributed by atoms with van der Waals surface area (Å²) in [6, 6.07) is 12.5. The van der Waals surface area contributed by atoms with Crippen molar-refractivity contribution in [2.75, 3.05) is 17.8 Å². The van der Waals surface area contributed by atoms with Crippen molar-refractivity contribution in [3.63, 3.8) is 0 Å². The van der Waals surface area contributed by atoms with Crippen LogP contribution in [0.1, 0.15) is 15.9 Å². The number of carbonyl (C=O) groups excluding carboxylic acids is 2. The molecule has 124 valence electrons. The van der Waals surface area contributed by atoms with Gasteiger partial charge in [0.05, 0.1) is 11.4 Å². The molecule has 6 heteroatoms. The summed E-state index contributed by atoms with van der Waals surface area (Å²) in [5.41, 5.74) is 1.89. The summed E-state index contributed by atoms with van der Waals surface area (Å²) in [6.07, 6.45) is 0.764. The van der Waals surface area contributed by atoms with Crippen LogP contribution in [0.2, 0.25) is 0 Å². The smallest absolute Gasteiger partial charge is 0.181 e. The highest BCUT2D eigenvalue weighted by Gasteiger charge is 2.27. The third-order valence-electron chi connectivity index (χ3n) is 3.68. The highest BCUT2D eigenvalue weighted by molar-refractivity contribution is 6.31. The molecule has 1 unspecified atom stereocenters. The molecule has 5 nitrogen and oxygen atoms in total. The molecular formula is C18H16ClNO4. The average Bonchev–Trinajstić information content (AvgIpc) is 2.65. The first kappa shape index (κ1) is 16.3. The molecule has 0 saturated heterocycles. The number of hydrogen-bond acceptors (Lipinski definition) is 5. The number of nitrogens with one attached hydrogen (secondary N) is 1. The van der Waals surface area contributed by atoms with Crippen LogP contribution in [0.15, 0.2) is 42.5 Å². The van der Waals surface area contributed by atoms with E-state index in [1.165, 1.54) is 0 Å². The summed E-state index contributed by atoms with van der Waals surface area (Å²) in [5, 5.41) is 3.06. The molecule has 1 atom stereocenters. The minimum Gasteiger partial charge on any atom is -0.488 e. The number of ether oxygens (including phenoxy) is 2. The maximum atomic E-state index is 12.0. The Labute approximate surface area is 144 Å². The van der Waals surface area contributed by atoms with Crippen LogP contribution in [0, 0.1) is 0 Å². The molecule has 3 rings (SSSR count). The van der Waals surface area contributed by atoms with E-state index in [0.29, 0.717) is 29.4 Å². The van der Waals surface area contributed by atoms with E-state index in [2.05, 4.69) is 5.32 Å². The Hall–Kier alpha value is -2.53. The second-order valence-corrected chi connectivity index (χ2v) is 5.61. The zero-order valence-corrected chi connectivity index (χ0v) is 13.6. The standard InChI is InChI=1S/C18H16ClNO4/c19-8-15(22)14-6-7-16(23-10-12-4-2-1-3-5-12)17-18(14)24-11-13(9-21)20-17/h1-7,9,13,20H,8,10-11H2. The van der Waals surface area contributed by atoms with Crippen LogP contribution in [0.4, 0.5) is 5.69 Å². The number of hydrogen-bond donors (Lipinski definition) is 1. The molecule has 1 aliphatic rings. The molecule has 0 aliphatic carbocycles. The minimum atomic E-state index is -0.488. The van der Waals surface area contributed by atoms with Gasteiger partial charge in [-0.25, -0.2) is 0 Å². The number of halogens is 1. The fourth-order valence-electron chi connectivity index (χ4n) is 2.47. The average molecular weight is 346 g/mol. The summed E-state index contributed by atoms with van der Waals surface area (Å²) in [7, 11) is 0. The third kappa shape index (κ3) is 3.36. The molecule has 1 heterocycles. The minimum absolute atomic E-state index is 0.142. The summed E-state index contributed by atoms with van der Waals surface area (Å²) in [6.45, 7) is 0.519. The summed E-state index contributed by atoms with van der Waals surface area (Å²) < 4.78 is 11.5. The first-order chi connectivity index (χ1) is 11.7. The fraction of sp³-hybridized carbons (Fsp3) is 0.222. The molecule has 2 aromatic rings. The van der Waals surface area contributed by atoms with Gasteiger partial charge in [-0.1, -0.05) is 30.3 Å². The molecule has 0 bridgehead atoms. The van der Waals surface area contributed by atoms with Crippen LogP contribution in [-0.2, 0) is 11.4 Å². The first-order valence-electron chi connectivity index (χ1n) is 7.50. The van der Waals surface area contributed by atoms with Crippen molar-refractivity contribution >= 4 is 29.4 Å². The van der Waals surface area contributed by atoms with Crippen molar-refractivity contribution in [1.29, 1.82) is 0 Å². The number of Topliss-reactive ketones (excluding diaryl/α,β-unsaturated/α-hetero) is 1. The van der Waals surface area contributed by atoms with E-state index in [-0.39, 0.29) is 18.3 Å². The van der Waals surface area contributed by atoms with Gasteiger partial charge in [0.2, 0.25) is 0 Å². The van der Waals surface area contributed by atoms with Gasteiger partial charge < -0.3 is 19.6 Å². The molecule has 0 spiro atoms. The van der Waals surface area contributed by atoms with E-state index in [1.54, 1.807) is 12.1 Å². The van der Waals surface area contributed by atoms with Gasteiger partial charge in [-0.05, 0) is 17.7 Å². The lowest BCUT2D eigenvalue weighted by Crippen LogP contribution is -2.33. The van der Waals surface area contributed by atoms with E-state index in [0.717, 1.165) is 11.8 Å². The van der Waals surface area contributed by atoms with Crippen molar-refractivity contribution in [1.82, 2.24) is 0 Å². The lowest BCUT2D eigenvalue weighted by molar-refractivity contribution is -0.109. The van der Waals surface area contributed by atoms with Crippen molar-refractivity contribution in [2.45, 2.75) is 12.6 Å². The van der Waals surface area contributed by atoms with Crippen LogP contribution in [0.5, 0.6) is 11.5 Å². The normalized spacial score (nSPS) is 15.6. The van der Waals surface area contributed by atoms with Gasteiger partial charge in [-0.3, -0.25) is 4.79 Å². The van der Waals surface area contributed by atoms with Gasteiger partial charge in [0.25, 0.3) is 0 Å². The lowest BCUT2D eigenvalue weighted by Gasteiger charge is -2.27. The summed E-state index contributed by atoms with van der Waals surface area (Å²) in [5.74, 6) is 0.515. The van der Waals surface area contributed by atoms with Gasteiger partial charge in [0.1, 0.15) is 37.0 Å². The summed E-state index contributed by atoms with van der Waals surface area (Å²) in [4.78, 5) is 23.0. The van der Waals surface area contributed by atoms with Crippen molar-refractivity contribution in [2.24, 2.45) is 0 Å². The monoisotopic (exact) mass is 345 g/mol. The second-order valence-electron chi connectivity index (χ2n) is 5.34. The SMILES string of the molecule is O=CC1COc2c(C(=O)CCl)ccc(OCc3ccccc3)c2N1. The second kappa shape index (κ2) is 7.36. The number of anilines is 1. The van der Waals surface area contributed by atoms with Gasteiger partial charge in [-0.2, -0.15) is 0 Å². The number of benzene rings is 2. The zero-order chi connectivity index (χ0) is 16.9. The highest BCUT2D eigenvalue weighted by Crippen LogP contribution is 2.41. The number of carbonyl (C=O) groups is 2. The van der Waals surface area contributed by atoms with E-state index < -0.39 is 6.04 Å². The van der Waals surface area contributed by atoms with E-state index in [1.807, 2.05) is 30.3 Å². The molecule has 24 heavy (non-hydrogen) atoms. The maximum Gasteiger partial charge on any atom is 0.181 e. The summed E-state index contributed by atoms with van der Waals surface area (Å²) >= 11 is 5.65. The number of aldehydes is 1. The first-order valence-corrected chi connectivity index (χ1v) is 8.04. The molecule has 0 amide bonds. The fourth-order valence-corrected chi connectivity index (χ4v) is 2.62. The van der Waals surface area contributed by atoms with Crippen LogP contribution >= 0.6 is 11.6 Å². The molecule has 0 saturated carbocycles. The van der Waals surface area contributed by atoms with E-state index in [4.69, 9.17) is 21.1 Å². The molecule has 1 N–H and O–H groups in total. The molecule has 0 aromatic heterocycles. The topological polar surface area (TPSA) is 64.6 Å². The van der Waals surface area contributed by atoms with Crippen LogP contribution < -0.4 is 14.8 Å². The molecule has 1 aliphatic heterocycles. The van der Waals surface area contributed by atoms with Gasteiger partial charge >= 0.3 is 0 Å².